The second-order valence-corrected chi connectivity index (χ2v) is 4.73. The molecule has 3 rings (SSSR count). The van der Waals surface area contributed by atoms with Gasteiger partial charge in [-0.25, -0.2) is 4.79 Å². The number of benzene rings is 1. The van der Waals surface area contributed by atoms with Gasteiger partial charge in [0.15, 0.2) is 0 Å². The van der Waals surface area contributed by atoms with Gasteiger partial charge in [0.2, 0.25) is 5.76 Å². The molecular weight excluding hydrogens is 258 g/mol. The van der Waals surface area contributed by atoms with Crippen LogP contribution >= 0.6 is 0 Å². The van der Waals surface area contributed by atoms with E-state index >= 15 is 0 Å². The van der Waals surface area contributed by atoms with Gasteiger partial charge in [0.05, 0.1) is 0 Å². The number of carboxylic acids is 1. The fourth-order valence-corrected chi connectivity index (χ4v) is 2.00. The maximum atomic E-state index is 10.8. The van der Waals surface area contributed by atoms with Gasteiger partial charge >= 0.3 is 5.97 Å². The van der Waals surface area contributed by atoms with Gasteiger partial charge in [-0.15, -0.1) is 0 Å². The highest BCUT2D eigenvalue weighted by Gasteiger charge is 2.11. The summed E-state index contributed by atoms with van der Waals surface area (Å²) in [7, 11) is 0. The first kappa shape index (κ1) is 12.4. The summed E-state index contributed by atoms with van der Waals surface area (Å²) < 4.78 is 5.19. The van der Waals surface area contributed by atoms with Crippen LogP contribution in [-0.4, -0.2) is 26.1 Å². The van der Waals surface area contributed by atoms with Crippen LogP contribution in [0.4, 0.5) is 0 Å². The van der Waals surface area contributed by atoms with Gasteiger partial charge in [0.1, 0.15) is 23.3 Å². The van der Waals surface area contributed by atoms with Crippen LogP contribution in [-0.2, 0) is 6.54 Å². The van der Waals surface area contributed by atoms with E-state index in [-0.39, 0.29) is 5.76 Å². The first-order valence-corrected chi connectivity index (χ1v) is 6.17. The van der Waals surface area contributed by atoms with Gasteiger partial charge in [-0.05, 0) is 49.2 Å². The molecule has 0 spiro atoms. The Kier molecular flexibility index (Phi) is 2.78. The zero-order valence-corrected chi connectivity index (χ0v) is 11.1. The van der Waals surface area contributed by atoms with Gasteiger partial charge in [-0.1, -0.05) is 0 Å². The minimum absolute atomic E-state index is 0.0802. The predicted octanol–water partition coefficient (Wildman–Crippen LogP) is 2.39. The number of hydrogen-bond acceptors (Lipinski definition) is 4. The average Bonchev–Trinajstić information content (AvgIpc) is 2.97. The van der Waals surface area contributed by atoms with Crippen LogP contribution in [0.5, 0.6) is 0 Å². The van der Waals surface area contributed by atoms with Crippen molar-refractivity contribution in [2.75, 3.05) is 0 Å². The molecule has 0 aliphatic rings. The van der Waals surface area contributed by atoms with E-state index in [1.165, 1.54) is 10.9 Å². The highest BCUT2D eigenvalue weighted by atomic mass is 16.4. The van der Waals surface area contributed by atoms with Gasteiger partial charge in [0, 0.05) is 0 Å². The minimum atomic E-state index is -1.08. The number of aryl methyl sites for hydroxylation is 2. The summed E-state index contributed by atoms with van der Waals surface area (Å²) in [5.41, 5.74) is 3.96. The molecule has 2 heterocycles. The normalized spacial score (nSPS) is 11.1. The van der Waals surface area contributed by atoms with Crippen molar-refractivity contribution in [3.8, 4) is 0 Å². The maximum Gasteiger partial charge on any atom is 0.371 e. The van der Waals surface area contributed by atoms with Gasteiger partial charge in [-0.2, -0.15) is 15.0 Å². The molecule has 0 saturated carbocycles. The van der Waals surface area contributed by atoms with Crippen LogP contribution < -0.4 is 0 Å². The van der Waals surface area contributed by atoms with E-state index in [2.05, 4.69) is 10.2 Å². The van der Waals surface area contributed by atoms with Crippen molar-refractivity contribution in [1.29, 1.82) is 0 Å². The average molecular weight is 271 g/mol. The van der Waals surface area contributed by atoms with Crippen LogP contribution in [0.25, 0.3) is 11.0 Å². The number of aromatic carboxylic acids is 1. The topological polar surface area (TPSA) is 81.2 Å². The van der Waals surface area contributed by atoms with Gasteiger partial charge in [-0.3, -0.25) is 0 Å². The summed E-state index contributed by atoms with van der Waals surface area (Å²) in [6.45, 7) is 4.36. The fourth-order valence-electron chi connectivity index (χ4n) is 2.00. The molecule has 20 heavy (non-hydrogen) atoms. The Hall–Kier alpha value is -2.63. The summed E-state index contributed by atoms with van der Waals surface area (Å²) in [4.78, 5) is 12.3. The van der Waals surface area contributed by atoms with Gasteiger partial charge < -0.3 is 9.52 Å². The number of carboxylic acid groups (broad SMARTS) is 1. The number of rotatable bonds is 3. The predicted molar refractivity (Wildman–Crippen MR) is 71.8 cm³/mol. The van der Waals surface area contributed by atoms with Crippen molar-refractivity contribution in [2.24, 2.45) is 0 Å². The third-order valence-corrected chi connectivity index (χ3v) is 3.21. The molecule has 102 valence electrons. The van der Waals surface area contributed by atoms with Crippen molar-refractivity contribution in [2.45, 2.75) is 20.4 Å². The van der Waals surface area contributed by atoms with E-state index in [1.807, 2.05) is 26.0 Å². The zero-order valence-electron chi connectivity index (χ0n) is 11.1. The third kappa shape index (κ3) is 2.16. The summed E-state index contributed by atoms with van der Waals surface area (Å²) in [5.74, 6) is -0.652. The standard InChI is InChI=1S/C14H13N3O3/c1-8-5-11-12(6-9(8)2)16-17(15-11)7-10-3-4-13(20-10)14(18)19/h3-6H,7H2,1-2H3,(H,18,19). The van der Waals surface area contributed by atoms with E-state index < -0.39 is 5.97 Å². The number of aromatic nitrogens is 3. The van der Waals surface area contributed by atoms with E-state index in [1.54, 1.807) is 6.07 Å². The lowest BCUT2D eigenvalue weighted by Crippen LogP contribution is -2.02. The van der Waals surface area contributed by atoms with E-state index in [9.17, 15) is 4.79 Å². The number of nitrogens with zero attached hydrogens (tertiary/aromatic N) is 3. The van der Waals surface area contributed by atoms with Crippen molar-refractivity contribution in [1.82, 2.24) is 15.0 Å². The van der Waals surface area contributed by atoms with E-state index in [0.717, 1.165) is 22.2 Å². The molecule has 0 saturated heterocycles. The number of fused-ring (bicyclic) bond motifs is 1. The van der Waals surface area contributed by atoms with Crippen molar-refractivity contribution in [3.05, 3.63) is 46.9 Å². The lowest BCUT2D eigenvalue weighted by atomic mass is 10.1. The Morgan fingerprint density at radius 2 is 1.80 bits per heavy atom. The molecule has 0 amide bonds. The smallest absolute Gasteiger partial charge is 0.371 e. The minimum Gasteiger partial charge on any atom is -0.475 e. The summed E-state index contributed by atoms with van der Waals surface area (Å²) in [5, 5.41) is 17.5. The number of furan rings is 1. The van der Waals surface area contributed by atoms with Crippen LogP contribution in [0.2, 0.25) is 0 Å². The Bertz CT molecular complexity index is 762. The van der Waals surface area contributed by atoms with Gasteiger partial charge in [0.25, 0.3) is 0 Å². The Morgan fingerprint density at radius 3 is 2.30 bits per heavy atom. The number of carbonyl (C=O) groups is 1. The van der Waals surface area contributed by atoms with E-state index in [0.29, 0.717) is 12.3 Å². The molecule has 1 aromatic carbocycles. The van der Waals surface area contributed by atoms with Crippen molar-refractivity contribution < 1.29 is 14.3 Å². The molecule has 6 nitrogen and oxygen atoms in total. The second-order valence-electron chi connectivity index (χ2n) is 4.73. The van der Waals surface area contributed by atoms with Crippen LogP contribution in [0.3, 0.4) is 0 Å². The maximum absolute atomic E-state index is 10.8. The highest BCUT2D eigenvalue weighted by Crippen LogP contribution is 2.16. The molecular formula is C14H13N3O3. The highest BCUT2D eigenvalue weighted by molar-refractivity contribution is 5.84. The number of hydrogen-bond donors (Lipinski definition) is 1. The first-order valence-electron chi connectivity index (χ1n) is 6.17. The van der Waals surface area contributed by atoms with Crippen molar-refractivity contribution >= 4 is 17.0 Å². The van der Waals surface area contributed by atoms with E-state index in [4.69, 9.17) is 9.52 Å². The molecule has 0 aliphatic heterocycles. The molecule has 3 aromatic rings. The SMILES string of the molecule is Cc1cc2nn(Cc3ccc(C(=O)O)o3)nc2cc1C. The Balaban J connectivity index is 1.92. The van der Waals surface area contributed by atoms with Crippen LogP contribution in [0, 0.1) is 13.8 Å². The quantitative estimate of drug-likeness (QED) is 0.791. The molecule has 0 bridgehead atoms. The van der Waals surface area contributed by atoms with Crippen molar-refractivity contribution in [3.63, 3.8) is 0 Å². The molecule has 1 N–H and O–H groups in total. The molecule has 0 aliphatic carbocycles. The summed E-state index contributed by atoms with van der Waals surface area (Å²) >= 11 is 0. The molecule has 6 heteroatoms. The molecule has 0 radical (unpaired) electrons. The molecule has 0 fully saturated rings. The first-order chi connectivity index (χ1) is 9.52. The molecule has 2 aromatic heterocycles. The third-order valence-electron chi connectivity index (χ3n) is 3.21. The molecule has 0 atom stereocenters. The second kappa shape index (κ2) is 4.48. The lowest BCUT2D eigenvalue weighted by molar-refractivity contribution is 0.0660. The fraction of sp³-hybridized carbons (Fsp3) is 0.214. The largest absolute Gasteiger partial charge is 0.475 e. The lowest BCUT2D eigenvalue weighted by Gasteiger charge is -1.95. The summed E-state index contributed by atoms with van der Waals surface area (Å²) in [6, 6.07) is 7.01. The Morgan fingerprint density at radius 1 is 1.20 bits per heavy atom. The zero-order chi connectivity index (χ0) is 14.3. The molecule has 0 unspecified atom stereocenters. The Labute approximate surface area is 114 Å². The van der Waals surface area contributed by atoms with Crippen LogP contribution in [0.1, 0.15) is 27.4 Å². The summed E-state index contributed by atoms with van der Waals surface area (Å²) in [6.07, 6.45) is 0. The monoisotopic (exact) mass is 271 g/mol. The van der Waals surface area contributed by atoms with Crippen LogP contribution in [0.15, 0.2) is 28.7 Å².